The lowest BCUT2D eigenvalue weighted by molar-refractivity contribution is 0.0887. The van der Waals surface area contributed by atoms with Crippen LogP contribution in [-0.2, 0) is 13.0 Å². The smallest absolute Gasteiger partial charge is 0.272 e. The van der Waals surface area contributed by atoms with Crippen LogP contribution in [0.3, 0.4) is 0 Å². The number of piperidine rings is 1. The second-order valence-corrected chi connectivity index (χ2v) is 15.1. The van der Waals surface area contributed by atoms with Crippen molar-refractivity contribution < 1.29 is 9.53 Å². The number of benzene rings is 1. The third-order valence-corrected chi connectivity index (χ3v) is 11.6. The molecule has 1 amide bonds. The Labute approximate surface area is 315 Å². The summed E-state index contributed by atoms with van der Waals surface area (Å²) in [6, 6.07) is 11.2. The molecule has 12 nitrogen and oxygen atoms in total. The molecule has 1 aromatic carbocycles. The number of piperazine rings is 1. The number of anilines is 1. The van der Waals surface area contributed by atoms with Crippen LogP contribution in [0.15, 0.2) is 47.4 Å². The van der Waals surface area contributed by atoms with Gasteiger partial charge in [0.25, 0.3) is 11.5 Å². The SMILES string of the molecule is [C-]#[N+]c1ccc(OC2CCC(NC(=O)c3ccc(N4CCC(CN5CCN(Cc6cnc7cc(CC)c(=O)[nH]c7c6)CC5)CC4)nn3)CC2)c(C)c1Cl. The second-order valence-electron chi connectivity index (χ2n) is 14.7. The lowest BCUT2D eigenvalue weighted by Gasteiger charge is -2.39. The first-order valence-electron chi connectivity index (χ1n) is 18.9. The summed E-state index contributed by atoms with van der Waals surface area (Å²) in [7, 11) is 0. The number of nitrogens with zero attached hydrogens (tertiary/aromatic N) is 7. The molecule has 0 radical (unpaired) electrons. The Kier molecular flexibility index (Phi) is 11.5. The monoisotopic (exact) mass is 737 g/mol. The van der Waals surface area contributed by atoms with Crippen molar-refractivity contribution in [2.24, 2.45) is 5.92 Å². The lowest BCUT2D eigenvalue weighted by Crippen LogP contribution is -2.48. The third-order valence-electron chi connectivity index (χ3n) is 11.2. The van der Waals surface area contributed by atoms with Gasteiger partial charge in [-0.1, -0.05) is 24.6 Å². The molecule has 0 unspecified atom stereocenters. The highest BCUT2D eigenvalue weighted by molar-refractivity contribution is 6.34. The lowest BCUT2D eigenvalue weighted by atomic mass is 9.92. The predicted octanol–water partition coefficient (Wildman–Crippen LogP) is 5.94. The van der Waals surface area contributed by atoms with E-state index in [0.717, 1.165) is 124 Å². The minimum Gasteiger partial charge on any atom is -0.490 e. The van der Waals surface area contributed by atoms with Crippen molar-refractivity contribution >= 4 is 40.0 Å². The van der Waals surface area contributed by atoms with E-state index in [2.05, 4.69) is 51.1 Å². The first kappa shape index (κ1) is 36.8. The zero-order valence-corrected chi connectivity index (χ0v) is 31.4. The number of carbonyl (C=O) groups is 1. The summed E-state index contributed by atoms with van der Waals surface area (Å²) in [4.78, 5) is 43.7. The van der Waals surface area contributed by atoms with Crippen molar-refractivity contribution in [3.8, 4) is 5.75 Å². The van der Waals surface area contributed by atoms with Gasteiger partial charge in [0, 0.05) is 70.2 Å². The number of carbonyl (C=O) groups excluding carboxylic acids is 1. The van der Waals surface area contributed by atoms with Crippen molar-refractivity contribution in [1.82, 2.24) is 35.3 Å². The molecule has 278 valence electrons. The maximum absolute atomic E-state index is 13.0. The summed E-state index contributed by atoms with van der Waals surface area (Å²) < 4.78 is 6.22. The van der Waals surface area contributed by atoms with Crippen LogP contribution in [-0.4, -0.2) is 93.8 Å². The van der Waals surface area contributed by atoms with E-state index in [1.54, 1.807) is 12.1 Å². The molecule has 0 atom stereocenters. The first-order chi connectivity index (χ1) is 25.8. The van der Waals surface area contributed by atoms with Crippen LogP contribution >= 0.6 is 11.6 Å². The van der Waals surface area contributed by atoms with Gasteiger partial charge in [-0.2, -0.15) is 0 Å². The molecule has 53 heavy (non-hydrogen) atoms. The zero-order chi connectivity index (χ0) is 36.9. The molecule has 5 heterocycles. The van der Waals surface area contributed by atoms with Crippen molar-refractivity contribution in [1.29, 1.82) is 0 Å². The number of fused-ring (bicyclic) bond motifs is 1. The number of aryl methyl sites for hydroxylation is 1. The molecule has 2 aliphatic heterocycles. The van der Waals surface area contributed by atoms with Crippen molar-refractivity contribution in [3.63, 3.8) is 0 Å². The Morgan fingerprint density at radius 1 is 1.00 bits per heavy atom. The quantitative estimate of drug-likeness (QED) is 0.190. The molecule has 13 heteroatoms. The molecule has 2 saturated heterocycles. The van der Waals surface area contributed by atoms with Gasteiger partial charge in [0.2, 0.25) is 5.69 Å². The topological polar surface area (TPSA) is 124 Å². The number of halogens is 1. The van der Waals surface area contributed by atoms with Crippen LogP contribution in [0, 0.1) is 19.4 Å². The van der Waals surface area contributed by atoms with Gasteiger partial charge in [0.1, 0.15) is 5.75 Å². The number of amides is 1. The van der Waals surface area contributed by atoms with Crippen molar-refractivity contribution in [2.75, 3.05) is 50.7 Å². The summed E-state index contributed by atoms with van der Waals surface area (Å²) in [5.74, 6) is 1.99. The van der Waals surface area contributed by atoms with Gasteiger partial charge in [0.15, 0.2) is 11.5 Å². The highest BCUT2D eigenvalue weighted by atomic mass is 35.5. The van der Waals surface area contributed by atoms with Gasteiger partial charge in [-0.05, 0) is 99.2 Å². The summed E-state index contributed by atoms with van der Waals surface area (Å²) in [6.07, 6.45) is 8.15. The molecule has 0 spiro atoms. The van der Waals surface area contributed by atoms with E-state index in [4.69, 9.17) is 22.9 Å². The predicted molar refractivity (Wildman–Crippen MR) is 207 cm³/mol. The number of hydrogen-bond acceptors (Lipinski definition) is 9. The Morgan fingerprint density at radius 2 is 1.75 bits per heavy atom. The molecule has 4 aromatic rings. The summed E-state index contributed by atoms with van der Waals surface area (Å²) in [5, 5.41) is 12.3. The van der Waals surface area contributed by atoms with E-state index in [1.165, 1.54) is 0 Å². The van der Waals surface area contributed by atoms with E-state index in [9.17, 15) is 9.59 Å². The molecule has 1 saturated carbocycles. The molecule has 2 N–H and O–H groups in total. The number of ether oxygens (including phenoxy) is 1. The van der Waals surface area contributed by atoms with E-state index < -0.39 is 0 Å². The van der Waals surface area contributed by atoms with Crippen LogP contribution < -0.4 is 20.5 Å². The summed E-state index contributed by atoms with van der Waals surface area (Å²) in [5.41, 5.74) is 5.08. The van der Waals surface area contributed by atoms with Gasteiger partial charge in [0.05, 0.1) is 28.7 Å². The normalized spacial score (nSPS) is 20.3. The minimum atomic E-state index is -0.194. The van der Waals surface area contributed by atoms with Crippen LogP contribution in [0.1, 0.15) is 72.6 Å². The Bertz CT molecular complexity index is 2010. The molecular formula is C40H48ClN9O3. The zero-order valence-electron chi connectivity index (χ0n) is 30.6. The third kappa shape index (κ3) is 8.81. The maximum atomic E-state index is 13.0. The molecule has 3 aromatic heterocycles. The minimum absolute atomic E-state index is 0.0218. The van der Waals surface area contributed by atoms with Crippen LogP contribution in [0.4, 0.5) is 11.5 Å². The summed E-state index contributed by atoms with van der Waals surface area (Å²) in [6.45, 7) is 19.1. The van der Waals surface area contributed by atoms with Gasteiger partial charge in [-0.25, -0.2) is 4.85 Å². The fourth-order valence-electron chi connectivity index (χ4n) is 7.86. The molecule has 7 rings (SSSR count). The molecule has 1 aliphatic carbocycles. The Balaban J connectivity index is 0.807. The van der Waals surface area contributed by atoms with Gasteiger partial charge in [-0.15, -0.1) is 10.2 Å². The van der Waals surface area contributed by atoms with E-state index >= 15 is 0 Å². The number of nitrogens with one attached hydrogen (secondary N) is 2. The fourth-order valence-corrected chi connectivity index (χ4v) is 8.06. The number of aromatic amines is 1. The second kappa shape index (κ2) is 16.6. The highest BCUT2D eigenvalue weighted by Crippen LogP contribution is 2.36. The van der Waals surface area contributed by atoms with E-state index in [-0.39, 0.29) is 23.6 Å². The number of pyridine rings is 2. The average molecular weight is 738 g/mol. The number of hydrogen-bond donors (Lipinski definition) is 2. The number of rotatable bonds is 10. The molecule has 3 fully saturated rings. The molecule has 0 bridgehead atoms. The molecule has 3 aliphatic rings. The van der Waals surface area contributed by atoms with Gasteiger partial charge in [-0.3, -0.25) is 19.5 Å². The molecular weight excluding hydrogens is 690 g/mol. The van der Waals surface area contributed by atoms with Gasteiger partial charge >= 0.3 is 0 Å². The van der Waals surface area contributed by atoms with E-state index in [1.807, 2.05) is 38.2 Å². The van der Waals surface area contributed by atoms with Crippen molar-refractivity contribution in [2.45, 2.75) is 77.5 Å². The standard InChI is InChI=1S/C40H48ClN9O3/c1-4-29-22-34-35(45-39(29)51)21-28(23-43-34)25-49-19-17-48(18-20-49)24-27-13-15-50(16-14-27)37-12-10-33(46-47-37)40(52)44-30-5-7-31(8-6-30)53-36-11-9-32(42-3)38(41)26(36)2/h9-12,21-23,27,30-31H,4-8,13-20,24-25H2,1-2H3,(H,44,52)(H,45,51). The van der Waals surface area contributed by atoms with Crippen LogP contribution in [0.2, 0.25) is 5.02 Å². The maximum Gasteiger partial charge on any atom is 0.272 e. The van der Waals surface area contributed by atoms with Crippen LogP contribution in [0.5, 0.6) is 5.75 Å². The Morgan fingerprint density at radius 3 is 2.45 bits per heavy atom. The average Bonchev–Trinajstić information content (AvgIpc) is 3.18. The van der Waals surface area contributed by atoms with Crippen LogP contribution in [0.25, 0.3) is 15.9 Å². The Hall–Kier alpha value is -4.57. The van der Waals surface area contributed by atoms with E-state index in [0.29, 0.717) is 34.5 Å². The first-order valence-corrected chi connectivity index (χ1v) is 19.3. The fraction of sp³-hybridized carbons (Fsp3) is 0.500. The summed E-state index contributed by atoms with van der Waals surface area (Å²) >= 11 is 6.32. The highest BCUT2D eigenvalue weighted by Gasteiger charge is 2.27. The van der Waals surface area contributed by atoms with Gasteiger partial charge < -0.3 is 24.8 Å². The largest absolute Gasteiger partial charge is 0.490 e. The number of aromatic nitrogens is 4. The number of H-pyrrole nitrogens is 1. The van der Waals surface area contributed by atoms with Crippen molar-refractivity contribution in [3.05, 3.63) is 91.8 Å².